The first-order valence-corrected chi connectivity index (χ1v) is 12.4. The molecule has 0 unspecified atom stereocenters. The number of aryl methyl sites for hydroxylation is 1. The van der Waals surface area contributed by atoms with Crippen molar-refractivity contribution in [3.8, 4) is 11.1 Å². The number of amides is 1. The van der Waals surface area contributed by atoms with Gasteiger partial charge in [0.05, 0.1) is 0 Å². The molecule has 5 heteroatoms. The molecule has 1 amide bonds. The lowest BCUT2D eigenvalue weighted by molar-refractivity contribution is 0.112. The van der Waals surface area contributed by atoms with Gasteiger partial charge in [0.25, 0.3) is 0 Å². The van der Waals surface area contributed by atoms with Crippen molar-refractivity contribution in [1.29, 1.82) is 0 Å². The van der Waals surface area contributed by atoms with Gasteiger partial charge in [0.15, 0.2) is 6.29 Å². The number of benzene rings is 4. The molecule has 0 radical (unpaired) electrons. The molecule has 35 heavy (non-hydrogen) atoms. The molecule has 0 aliphatic heterocycles. The van der Waals surface area contributed by atoms with Gasteiger partial charge in [0.1, 0.15) is 6.61 Å². The van der Waals surface area contributed by atoms with Crippen LogP contribution in [0.5, 0.6) is 0 Å². The first-order chi connectivity index (χ1) is 17.2. The molecule has 174 valence electrons. The SMILES string of the molecule is Cc1cccc(CNC(=O)OCC2c3ccccc3-c3ccccc32)c1Sc1ccccc1C=O. The average molecular weight is 480 g/mol. The smallest absolute Gasteiger partial charge is 0.407 e. The summed E-state index contributed by atoms with van der Waals surface area (Å²) in [4.78, 5) is 26.0. The summed E-state index contributed by atoms with van der Waals surface area (Å²) in [5, 5.41) is 2.91. The molecule has 1 N–H and O–H groups in total. The van der Waals surface area contributed by atoms with Gasteiger partial charge in [0, 0.05) is 27.8 Å². The Morgan fingerprint density at radius 1 is 0.886 bits per heavy atom. The Bertz CT molecular complexity index is 1350. The largest absolute Gasteiger partial charge is 0.449 e. The second-order valence-corrected chi connectivity index (χ2v) is 9.55. The minimum absolute atomic E-state index is 0.0260. The minimum atomic E-state index is -0.447. The topological polar surface area (TPSA) is 55.4 Å². The van der Waals surface area contributed by atoms with Gasteiger partial charge in [0.2, 0.25) is 0 Å². The highest BCUT2D eigenvalue weighted by molar-refractivity contribution is 7.99. The number of carbonyl (C=O) groups excluding carboxylic acids is 2. The fourth-order valence-corrected chi connectivity index (χ4v) is 5.70. The Labute approximate surface area is 209 Å². The molecule has 0 fully saturated rings. The first kappa shape index (κ1) is 22.9. The predicted octanol–water partition coefficient (Wildman–Crippen LogP) is 7.00. The highest BCUT2D eigenvalue weighted by Gasteiger charge is 2.29. The molecule has 0 saturated carbocycles. The van der Waals surface area contributed by atoms with Crippen LogP contribution < -0.4 is 5.32 Å². The summed E-state index contributed by atoms with van der Waals surface area (Å²) in [7, 11) is 0. The van der Waals surface area contributed by atoms with Gasteiger partial charge < -0.3 is 10.1 Å². The standard InChI is InChI=1S/C30H25NO3S/c1-20-9-8-11-21(29(20)35-28-16-7-2-10-22(28)18-32)17-31-30(33)34-19-27-25-14-5-3-12-23(25)24-13-4-6-15-26(24)27/h2-16,18,27H,17,19H2,1H3,(H,31,33). The summed E-state index contributed by atoms with van der Waals surface area (Å²) in [6.07, 6.45) is 0.424. The molecule has 0 aromatic heterocycles. The number of rotatable bonds is 7. The maximum atomic E-state index is 12.7. The lowest BCUT2D eigenvalue weighted by Gasteiger charge is -2.16. The Hall–Kier alpha value is -3.83. The van der Waals surface area contributed by atoms with E-state index in [-0.39, 0.29) is 12.5 Å². The van der Waals surface area contributed by atoms with Gasteiger partial charge in [-0.15, -0.1) is 0 Å². The van der Waals surface area contributed by atoms with E-state index in [1.807, 2.05) is 73.7 Å². The third kappa shape index (κ3) is 4.73. The number of aldehydes is 1. The van der Waals surface area contributed by atoms with Crippen molar-refractivity contribution in [2.24, 2.45) is 0 Å². The normalized spacial score (nSPS) is 12.0. The third-order valence-electron chi connectivity index (χ3n) is 6.32. The Balaban J connectivity index is 1.26. The molecule has 4 aromatic carbocycles. The molecule has 0 bridgehead atoms. The van der Waals surface area contributed by atoms with Crippen molar-refractivity contribution in [3.05, 3.63) is 119 Å². The zero-order valence-corrected chi connectivity index (χ0v) is 20.2. The van der Waals surface area contributed by atoms with E-state index in [9.17, 15) is 9.59 Å². The van der Waals surface area contributed by atoms with Crippen LogP contribution in [-0.2, 0) is 11.3 Å². The first-order valence-electron chi connectivity index (χ1n) is 11.5. The van der Waals surface area contributed by atoms with Crippen LogP contribution in [0.1, 0.15) is 38.5 Å². The van der Waals surface area contributed by atoms with E-state index in [1.165, 1.54) is 34.0 Å². The number of carbonyl (C=O) groups is 2. The van der Waals surface area contributed by atoms with Crippen LogP contribution in [-0.4, -0.2) is 19.0 Å². The highest BCUT2D eigenvalue weighted by atomic mass is 32.2. The van der Waals surface area contributed by atoms with E-state index >= 15 is 0 Å². The fraction of sp³-hybridized carbons (Fsp3) is 0.133. The molecule has 0 heterocycles. The predicted molar refractivity (Wildman–Crippen MR) is 139 cm³/mol. The number of alkyl carbamates (subject to hydrolysis) is 1. The van der Waals surface area contributed by atoms with Crippen LogP contribution in [0.4, 0.5) is 4.79 Å². The second kappa shape index (κ2) is 10.2. The molecule has 0 atom stereocenters. The molecule has 4 aromatic rings. The van der Waals surface area contributed by atoms with Gasteiger partial charge in [-0.25, -0.2) is 4.79 Å². The summed E-state index contributed by atoms with van der Waals surface area (Å²) < 4.78 is 5.68. The van der Waals surface area contributed by atoms with E-state index in [0.29, 0.717) is 12.1 Å². The van der Waals surface area contributed by atoms with Gasteiger partial charge in [-0.2, -0.15) is 0 Å². The van der Waals surface area contributed by atoms with Crippen molar-refractivity contribution in [1.82, 2.24) is 5.32 Å². The molecule has 0 spiro atoms. The van der Waals surface area contributed by atoms with Crippen LogP contribution in [0, 0.1) is 6.92 Å². The van der Waals surface area contributed by atoms with Gasteiger partial charge in [-0.1, -0.05) is 96.7 Å². The summed E-state index contributed by atoms with van der Waals surface area (Å²) in [6, 6.07) is 30.1. The van der Waals surface area contributed by atoms with Crippen LogP contribution in [0.2, 0.25) is 0 Å². The number of hydrogen-bond donors (Lipinski definition) is 1. The summed E-state index contributed by atoms with van der Waals surface area (Å²) in [6.45, 7) is 2.65. The number of ether oxygens (including phenoxy) is 1. The van der Waals surface area contributed by atoms with Gasteiger partial charge in [-0.05, 0) is 46.4 Å². The monoisotopic (exact) mass is 479 g/mol. The summed E-state index contributed by atoms with van der Waals surface area (Å²) in [5.41, 5.74) is 7.49. The van der Waals surface area contributed by atoms with Gasteiger partial charge in [-0.3, -0.25) is 4.79 Å². The van der Waals surface area contributed by atoms with E-state index in [1.54, 1.807) is 0 Å². The van der Waals surface area contributed by atoms with Crippen LogP contribution in [0.15, 0.2) is 101 Å². The van der Waals surface area contributed by atoms with Crippen LogP contribution in [0.3, 0.4) is 0 Å². The van der Waals surface area contributed by atoms with Gasteiger partial charge >= 0.3 is 6.09 Å². The number of hydrogen-bond acceptors (Lipinski definition) is 4. The van der Waals surface area contributed by atoms with E-state index in [0.717, 1.165) is 27.2 Å². The molecule has 4 nitrogen and oxygen atoms in total. The molecular formula is C30H25NO3S. The van der Waals surface area contributed by atoms with Crippen molar-refractivity contribution < 1.29 is 14.3 Å². The lowest BCUT2D eigenvalue weighted by atomic mass is 9.98. The average Bonchev–Trinajstić information content (AvgIpc) is 3.21. The maximum Gasteiger partial charge on any atom is 0.407 e. The zero-order valence-electron chi connectivity index (χ0n) is 19.4. The molecular weight excluding hydrogens is 454 g/mol. The molecule has 1 aliphatic rings. The van der Waals surface area contributed by atoms with Crippen molar-refractivity contribution in [3.63, 3.8) is 0 Å². The quantitative estimate of drug-likeness (QED) is 0.290. The number of nitrogens with one attached hydrogen (secondary N) is 1. The summed E-state index contributed by atoms with van der Waals surface area (Å²) >= 11 is 1.54. The highest BCUT2D eigenvalue weighted by Crippen LogP contribution is 2.44. The summed E-state index contributed by atoms with van der Waals surface area (Å²) in [5.74, 6) is 0.0260. The maximum absolute atomic E-state index is 12.7. The third-order valence-corrected chi connectivity index (χ3v) is 7.70. The van der Waals surface area contributed by atoms with E-state index < -0.39 is 6.09 Å². The fourth-order valence-electron chi connectivity index (χ4n) is 4.60. The second-order valence-electron chi connectivity index (χ2n) is 8.50. The molecule has 5 rings (SSSR count). The molecule has 1 aliphatic carbocycles. The van der Waals surface area contributed by atoms with Crippen molar-refractivity contribution in [2.75, 3.05) is 6.61 Å². The Kier molecular flexibility index (Phi) is 6.68. The number of fused-ring (bicyclic) bond motifs is 3. The van der Waals surface area contributed by atoms with E-state index in [2.05, 4.69) is 29.6 Å². The van der Waals surface area contributed by atoms with Crippen LogP contribution >= 0.6 is 11.8 Å². The van der Waals surface area contributed by atoms with Crippen LogP contribution in [0.25, 0.3) is 11.1 Å². The minimum Gasteiger partial charge on any atom is -0.449 e. The van der Waals surface area contributed by atoms with E-state index in [4.69, 9.17) is 4.74 Å². The van der Waals surface area contributed by atoms with Crippen molar-refractivity contribution in [2.45, 2.75) is 29.2 Å². The lowest BCUT2D eigenvalue weighted by Crippen LogP contribution is -2.26. The van der Waals surface area contributed by atoms with Crippen molar-refractivity contribution >= 4 is 24.1 Å². The Morgan fingerprint density at radius 3 is 2.26 bits per heavy atom. The Morgan fingerprint density at radius 2 is 1.54 bits per heavy atom. The zero-order chi connectivity index (χ0) is 24.2. The molecule has 0 saturated heterocycles.